The molecule has 0 atom stereocenters. The van der Waals surface area contributed by atoms with Gasteiger partial charge < -0.3 is 4.74 Å². The highest BCUT2D eigenvalue weighted by molar-refractivity contribution is 5.37. The summed E-state index contributed by atoms with van der Waals surface area (Å²) in [7, 11) is 1.61. The molecule has 1 aliphatic heterocycles. The van der Waals surface area contributed by atoms with Gasteiger partial charge in [-0.3, -0.25) is 4.57 Å². The van der Waals surface area contributed by atoms with E-state index < -0.39 is 0 Å². The van der Waals surface area contributed by atoms with Crippen LogP contribution < -0.4 is 4.74 Å². The Hall–Kier alpha value is -1.32. The number of methoxy groups -OCH3 is 1. The van der Waals surface area contributed by atoms with E-state index in [1.54, 1.807) is 7.11 Å². The number of nitrogens with zero attached hydrogens (tertiary/aromatic N) is 3. The Morgan fingerprint density at radius 1 is 1.29 bits per heavy atom. The Bertz CT molecular complexity index is 328. The monoisotopic (exact) mass is 195 g/mol. The first-order valence-corrected chi connectivity index (χ1v) is 4.96. The summed E-state index contributed by atoms with van der Waals surface area (Å²) in [4.78, 5) is 0. The second-order valence-electron chi connectivity index (χ2n) is 2.95. The molecule has 2 rings (SSSR count). The zero-order chi connectivity index (χ0) is 10.6. The third kappa shape index (κ3) is 1.95. The van der Waals surface area contributed by atoms with Crippen LogP contribution in [0.5, 0.6) is 6.01 Å². The summed E-state index contributed by atoms with van der Waals surface area (Å²) >= 11 is 0. The van der Waals surface area contributed by atoms with Crippen LogP contribution in [-0.2, 0) is 6.42 Å². The van der Waals surface area contributed by atoms with Gasteiger partial charge in [0.25, 0.3) is 0 Å². The number of fused-ring (bicyclic) bond motifs is 1. The second kappa shape index (κ2) is 4.79. The lowest BCUT2D eigenvalue weighted by molar-refractivity contribution is 0.372. The molecule has 0 saturated heterocycles. The number of aromatic nitrogens is 3. The molecular formula is C10H17N3O. The van der Waals surface area contributed by atoms with Crippen molar-refractivity contribution in [3.63, 3.8) is 0 Å². The summed E-state index contributed by atoms with van der Waals surface area (Å²) in [6.07, 6.45) is 4.05. The number of aryl methyl sites for hydroxylation is 1. The predicted molar refractivity (Wildman–Crippen MR) is 56.2 cm³/mol. The Morgan fingerprint density at radius 3 is 2.64 bits per heavy atom. The maximum absolute atomic E-state index is 5.05. The third-order valence-corrected chi connectivity index (χ3v) is 2.01. The van der Waals surface area contributed by atoms with Crippen LogP contribution in [0.25, 0.3) is 6.20 Å². The lowest BCUT2D eigenvalue weighted by Crippen LogP contribution is -2.05. The van der Waals surface area contributed by atoms with Gasteiger partial charge in [0.1, 0.15) is 5.82 Å². The molecule has 14 heavy (non-hydrogen) atoms. The van der Waals surface area contributed by atoms with Gasteiger partial charge in [0.2, 0.25) is 0 Å². The van der Waals surface area contributed by atoms with Crippen molar-refractivity contribution in [2.75, 3.05) is 7.11 Å². The van der Waals surface area contributed by atoms with E-state index in [1.165, 1.54) is 5.57 Å². The molecule has 0 unspecified atom stereocenters. The highest BCUT2D eigenvalue weighted by Crippen LogP contribution is 2.20. The summed E-state index contributed by atoms with van der Waals surface area (Å²) in [5.74, 6) is 0.984. The molecule has 0 amide bonds. The van der Waals surface area contributed by atoms with E-state index >= 15 is 0 Å². The number of ether oxygens (including phenoxy) is 1. The quantitative estimate of drug-likeness (QED) is 0.689. The summed E-state index contributed by atoms with van der Waals surface area (Å²) in [6, 6.07) is 0.573. The molecule has 78 valence electrons. The zero-order valence-electron chi connectivity index (χ0n) is 9.24. The first-order chi connectivity index (χ1) is 6.81. The van der Waals surface area contributed by atoms with Crippen LogP contribution in [0.2, 0.25) is 0 Å². The Labute approximate surface area is 84.6 Å². The fourth-order valence-corrected chi connectivity index (χ4v) is 1.34. The molecule has 1 aromatic heterocycles. The average Bonchev–Trinajstić information content (AvgIpc) is 2.63. The molecule has 0 N–H and O–H groups in total. The van der Waals surface area contributed by atoms with Crippen molar-refractivity contribution in [3.05, 3.63) is 11.4 Å². The highest BCUT2D eigenvalue weighted by atomic mass is 16.5. The van der Waals surface area contributed by atoms with Gasteiger partial charge in [-0.25, -0.2) is 0 Å². The van der Waals surface area contributed by atoms with Gasteiger partial charge in [0.05, 0.1) is 7.11 Å². The summed E-state index contributed by atoms with van der Waals surface area (Å²) in [5.41, 5.74) is 1.33. The maximum atomic E-state index is 5.05. The van der Waals surface area contributed by atoms with Crippen LogP contribution in [0.15, 0.2) is 5.57 Å². The molecule has 0 aromatic carbocycles. The number of rotatable bonds is 1. The molecule has 0 saturated carbocycles. The topological polar surface area (TPSA) is 39.9 Å². The van der Waals surface area contributed by atoms with Gasteiger partial charge >= 0.3 is 6.01 Å². The average molecular weight is 195 g/mol. The van der Waals surface area contributed by atoms with Crippen LogP contribution in [0.3, 0.4) is 0 Å². The number of allylic oxidation sites excluding steroid dienone is 1. The third-order valence-electron chi connectivity index (χ3n) is 2.01. The summed E-state index contributed by atoms with van der Waals surface area (Å²) < 4.78 is 6.95. The van der Waals surface area contributed by atoms with Crippen LogP contribution in [0.4, 0.5) is 0 Å². The minimum atomic E-state index is 0.573. The van der Waals surface area contributed by atoms with Gasteiger partial charge in [0.15, 0.2) is 0 Å². The Kier molecular flexibility index (Phi) is 3.68. The van der Waals surface area contributed by atoms with Crippen LogP contribution in [0.1, 0.15) is 33.0 Å². The van der Waals surface area contributed by atoms with Crippen molar-refractivity contribution in [1.29, 1.82) is 0 Å². The normalized spacial score (nSPS) is 13.6. The Balaban J connectivity index is 0.000000461. The molecule has 1 aromatic rings. The van der Waals surface area contributed by atoms with Crippen LogP contribution >= 0.6 is 0 Å². The minimum absolute atomic E-state index is 0.573. The van der Waals surface area contributed by atoms with Gasteiger partial charge in [0, 0.05) is 12.6 Å². The number of hydrogen-bond acceptors (Lipinski definition) is 3. The fourth-order valence-electron chi connectivity index (χ4n) is 1.34. The first kappa shape index (κ1) is 10.8. The van der Waals surface area contributed by atoms with Crippen molar-refractivity contribution < 1.29 is 4.74 Å². The van der Waals surface area contributed by atoms with E-state index in [2.05, 4.69) is 17.1 Å². The molecule has 1 aliphatic rings. The highest BCUT2D eigenvalue weighted by Gasteiger charge is 2.14. The largest absolute Gasteiger partial charge is 0.467 e. The van der Waals surface area contributed by atoms with Crippen LogP contribution in [0, 0.1) is 0 Å². The first-order valence-electron chi connectivity index (χ1n) is 4.96. The Morgan fingerprint density at radius 2 is 2.00 bits per heavy atom. The molecule has 0 bridgehead atoms. The lowest BCUT2D eigenvalue weighted by atomic mass is 10.1. The van der Waals surface area contributed by atoms with Gasteiger partial charge in [-0.15, -0.1) is 5.10 Å². The van der Waals surface area contributed by atoms with Crippen molar-refractivity contribution in [2.45, 2.75) is 33.6 Å². The zero-order valence-corrected chi connectivity index (χ0v) is 9.24. The minimum Gasteiger partial charge on any atom is -0.467 e. The van der Waals surface area contributed by atoms with Crippen molar-refractivity contribution >= 4 is 6.20 Å². The smallest absolute Gasteiger partial charge is 0.320 e. The number of hydrogen-bond donors (Lipinski definition) is 0. The van der Waals surface area contributed by atoms with Gasteiger partial charge in [-0.1, -0.05) is 24.5 Å². The van der Waals surface area contributed by atoms with E-state index in [9.17, 15) is 0 Å². The van der Waals surface area contributed by atoms with E-state index in [0.717, 1.165) is 18.7 Å². The molecule has 0 fully saturated rings. The van der Waals surface area contributed by atoms with Gasteiger partial charge in [-0.05, 0) is 13.3 Å². The molecule has 4 heteroatoms. The summed E-state index contributed by atoms with van der Waals surface area (Å²) in [6.45, 7) is 6.10. The SMILES string of the molecule is CC.COc1nnc2n1C=C(C)CC2. The van der Waals surface area contributed by atoms with Crippen molar-refractivity contribution in [2.24, 2.45) is 0 Å². The second-order valence-corrected chi connectivity index (χ2v) is 2.95. The maximum Gasteiger partial charge on any atom is 0.320 e. The molecule has 0 aliphatic carbocycles. The standard InChI is InChI=1S/C8H11N3O.C2H6/c1-6-3-4-7-9-10-8(12-2)11(7)5-6;1-2/h5H,3-4H2,1-2H3;1-2H3. The molecule has 0 radical (unpaired) electrons. The van der Waals surface area contributed by atoms with E-state index in [1.807, 2.05) is 24.6 Å². The molecular weight excluding hydrogens is 178 g/mol. The van der Waals surface area contributed by atoms with Crippen LogP contribution in [-0.4, -0.2) is 21.9 Å². The van der Waals surface area contributed by atoms with E-state index in [4.69, 9.17) is 4.74 Å². The molecule has 0 spiro atoms. The summed E-state index contributed by atoms with van der Waals surface area (Å²) in [5, 5.41) is 7.90. The fraction of sp³-hybridized carbons (Fsp3) is 0.600. The van der Waals surface area contributed by atoms with E-state index in [0.29, 0.717) is 6.01 Å². The molecule has 2 heterocycles. The molecule has 4 nitrogen and oxygen atoms in total. The van der Waals surface area contributed by atoms with Crippen molar-refractivity contribution in [1.82, 2.24) is 14.8 Å². The lowest BCUT2D eigenvalue weighted by Gasteiger charge is -2.10. The van der Waals surface area contributed by atoms with E-state index in [-0.39, 0.29) is 0 Å². The van der Waals surface area contributed by atoms with Crippen molar-refractivity contribution in [3.8, 4) is 6.01 Å². The van der Waals surface area contributed by atoms with Gasteiger partial charge in [-0.2, -0.15) is 0 Å². The predicted octanol–water partition coefficient (Wildman–Crippen LogP) is 2.12.